The standard InChI is InChI=1S/C46H30N2O4/c47-41-26-22-36(29-43(41)49)51-45-34(19-16-31-10-4-1-5-11-31)21-25-39-40(45)28-35(20-17-32-12-6-2-7-13-32)38(24-18-33-14-8-3-9-15-33)46(39)52-37-23-27-42(48)44(50)30-37/h1-15,21-23,25-30,49-50H,47-48H2. The predicted molar refractivity (Wildman–Crippen MR) is 206 cm³/mol. The van der Waals surface area contributed by atoms with Crippen LogP contribution in [0.15, 0.2) is 146 Å². The van der Waals surface area contributed by atoms with Crippen molar-refractivity contribution in [1.29, 1.82) is 0 Å². The van der Waals surface area contributed by atoms with Gasteiger partial charge in [-0.3, -0.25) is 0 Å². The molecule has 0 unspecified atom stereocenters. The fraction of sp³-hybridized carbons (Fsp3) is 0. The molecule has 0 aromatic heterocycles. The molecule has 6 N–H and O–H groups in total. The number of aromatic hydroxyl groups is 2. The van der Waals surface area contributed by atoms with E-state index in [-0.39, 0.29) is 22.9 Å². The highest BCUT2D eigenvalue weighted by Gasteiger charge is 2.20. The van der Waals surface area contributed by atoms with Gasteiger partial charge >= 0.3 is 0 Å². The maximum Gasteiger partial charge on any atom is 0.152 e. The van der Waals surface area contributed by atoms with Crippen molar-refractivity contribution in [2.45, 2.75) is 0 Å². The van der Waals surface area contributed by atoms with Gasteiger partial charge in [-0.15, -0.1) is 0 Å². The maximum atomic E-state index is 10.5. The molecule has 0 aliphatic heterocycles. The maximum absolute atomic E-state index is 10.5. The number of nitrogens with two attached hydrogens (primary N) is 2. The van der Waals surface area contributed by atoms with E-state index in [9.17, 15) is 10.2 Å². The van der Waals surface area contributed by atoms with E-state index in [0.29, 0.717) is 50.5 Å². The highest BCUT2D eigenvalue weighted by atomic mass is 16.5. The number of ether oxygens (including phenoxy) is 2. The molecule has 7 rings (SSSR count). The predicted octanol–water partition coefficient (Wildman–Crippen LogP) is 9.20. The molecule has 0 atom stereocenters. The number of rotatable bonds is 4. The Kier molecular flexibility index (Phi) is 9.34. The molecule has 6 nitrogen and oxygen atoms in total. The van der Waals surface area contributed by atoms with Crippen molar-refractivity contribution in [2.75, 3.05) is 11.5 Å². The van der Waals surface area contributed by atoms with Crippen LogP contribution in [0, 0.1) is 35.5 Å². The zero-order valence-corrected chi connectivity index (χ0v) is 27.7. The second-order valence-corrected chi connectivity index (χ2v) is 11.7. The first-order valence-corrected chi connectivity index (χ1v) is 16.3. The average molecular weight is 675 g/mol. The number of fused-ring (bicyclic) bond motifs is 1. The van der Waals surface area contributed by atoms with Gasteiger partial charge in [0.25, 0.3) is 0 Å². The lowest BCUT2D eigenvalue weighted by molar-refractivity contribution is 0.456. The van der Waals surface area contributed by atoms with Gasteiger partial charge in [-0.2, -0.15) is 0 Å². The molecule has 0 fully saturated rings. The summed E-state index contributed by atoms with van der Waals surface area (Å²) in [6.45, 7) is 0. The lowest BCUT2D eigenvalue weighted by atomic mass is 9.96. The Hall–Kier alpha value is -7.72. The van der Waals surface area contributed by atoms with E-state index in [1.165, 1.54) is 12.1 Å². The number of hydrogen-bond acceptors (Lipinski definition) is 6. The number of phenols is 2. The number of nitrogen functional groups attached to an aromatic ring is 2. The summed E-state index contributed by atoms with van der Waals surface area (Å²) < 4.78 is 13.2. The van der Waals surface area contributed by atoms with Crippen LogP contribution in [0.3, 0.4) is 0 Å². The Labute approximate surface area is 301 Å². The lowest BCUT2D eigenvalue weighted by Gasteiger charge is -2.18. The molecular weight excluding hydrogens is 645 g/mol. The third-order valence-electron chi connectivity index (χ3n) is 8.01. The molecule has 0 aliphatic carbocycles. The summed E-state index contributed by atoms with van der Waals surface area (Å²) in [6.07, 6.45) is 0. The normalized spacial score (nSPS) is 10.2. The summed E-state index contributed by atoms with van der Waals surface area (Å²) in [5.41, 5.74) is 16.4. The van der Waals surface area contributed by atoms with Crippen LogP contribution in [0.25, 0.3) is 10.8 Å². The number of phenolic OH excluding ortho intramolecular Hbond substituents is 2. The molecule has 6 heteroatoms. The monoisotopic (exact) mass is 674 g/mol. The molecule has 0 bridgehead atoms. The molecular formula is C46H30N2O4. The summed E-state index contributed by atoms with van der Waals surface area (Å²) in [4.78, 5) is 0. The molecule has 0 radical (unpaired) electrons. The molecule has 0 spiro atoms. The van der Waals surface area contributed by atoms with Gasteiger partial charge in [0.05, 0.1) is 22.5 Å². The van der Waals surface area contributed by atoms with Gasteiger partial charge < -0.3 is 31.2 Å². The molecule has 7 aromatic carbocycles. The van der Waals surface area contributed by atoms with E-state index in [2.05, 4.69) is 35.5 Å². The highest BCUT2D eigenvalue weighted by Crippen LogP contribution is 2.43. The van der Waals surface area contributed by atoms with E-state index >= 15 is 0 Å². The number of anilines is 2. The second kappa shape index (κ2) is 14.8. The summed E-state index contributed by atoms with van der Waals surface area (Å²) in [5, 5.41) is 22.2. The minimum atomic E-state index is -0.121. The van der Waals surface area contributed by atoms with Gasteiger partial charge in [-0.1, -0.05) is 90.1 Å². The minimum Gasteiger partial charge on any atom is -0.506 e. The van der Waals surface area contributed by atoms with Crippen molar-refractivity contribution < 1.29 is 19.7 Å². The molecule has 0 amide bonds. The Balaban J connectivity index is 1.54. The SMILES string of the molecule is Nc1ccc(Oc2c(C#Cc3ccccc3)ccc3c(Oc4ccc(N)c(O)c4)c(C#Cc4ccccc4)c(C#Cc4ccccc4)cc23)cc1O. The van der Waals surface area contributed by atoms with Crippen LogP contribution < -0.4 is 20.9 Å². The van der Waals surface area contributed by atoms with E-state index < -0.39 is 0 Å². The zero-order valence-electron chi connectivity index (χ0n) is 27.7. The Morgan fingerprint density at radius 3 is 1.37 bits per heavy atom. The van der Waals surface area contributed by atoms with Crippen LogP contribution in [0.5, 0.6) is 34.5 Å². The molecule has 0 saturated carbocycles. The third kappa shape index (κ3) is 7.46. The Morgan fingerprint density at radius 1 is 0.404 bits per heavy atom. The molecule has 0 saturated heterocycles. The third-order valence-corrected chi connectivity index (χ3v) is 8.01. The van der Waals surface area contributed by atoms with Crippen LogP contribution in [0.1, 0.15) is 33.4 Å². The molecule has 0 heterocycles. The van der Waals surface area contributed by atoms with E-state index in [1.807, 2.05) is 109 Å². The van der Waals surface area contributed by atoms with Gasteiger partial charge in [-0.25, -0.2) is 0 Å². The first kappa shape index (κ1) is 32.8. The van der Waals surface area contributed by atoms with Crippen molar-refractivity contribution in [2.24, 2.45) is 0 Å². The minimum absolute atomic E-state index is 0.116. The Morgan fingerprint density at radius 2 is 0.865 bits per heavy atom. The zero-order chi connectivity index (χ0) is 35.9. The molecule has 7 aromatic rings. The largest absolute Gasteiger partial charge is 0.506 e. The summed E-state index contributed by atoms with van der Waals surface area (Å²) in [5.74, 6) is 20.9. The van der Waals surface area contributed by atoms with Crippen LogP contribution in [-0.2, 0) is 0 Å². The van der Waals surface area contributed by atoms with Crippen LogP contribution >= 0.6 is 0 Å². The van der Waals surface area contributed by atoms with Gasteiger partial charge in [0.1, 0.15) is 23.0 Å². The summed E-state index contributed by atoms with van der Waals surface area (Å²) in [6, 6.07) is 43.9. The second-order valence-electron chi connectivity index (χ2n) is 11.7. The van der Waals surface area contributed by atoms with Crippen LogP contribution in [-0.4, -0.2) is 10.2 Å². The molecule has 248 valence electrons. The van der Waals surface area contributed by atoms with E-state index in [1.54, 1.807) is 24.3 Å². The van der Waals surface area contributed by atoms with Gasteiger partial charge in [0.15, 0.2) is 11.5 Å². The van der Waals surface area contributed by atoms with Gasteiger partial charge in [-0.05, 0) is 78.9 Å². The number of benzene rings is 7. The quantitative estimate of drug-likeness (QED) is 0.0842. The molecule has 0 aliphatic rings. The highest BCUT2D eigenvalue weighted by molar-refractivity contribution is 5.99. The first-order valence-electron chi connectivity index (χ1n) is 16.3. The van der Waals surface area contributed by atoms with Gasteiger partial charge in [0.2, 0.25) is 0 Å². The molecule has 52 heavy (non-hydrogen) atoms. The van der Waals surface area contributed by atoms with Crippen molar-refractivity contribution >= 4 is 22.1 Å². The topological polar surface area (TPSA) is 111 Å². The van der Waals surface area contributed by atoms with Gasteiger partial charge in [0, 0.05) is 45.2 Å². The van der Waals surface area contributed by atoms with Crippen LogP contribution in [0.2, 0.25) is 0 Å². The summed E-state index contributed by atoms with van der Waals surface area (Å²) in [7, 11) is 0. The average Bonchev–Trinajstić information content (AvgIpc) is 3.17. The van der Waals surface area contributed by atoms with Crippen molar-refractivity contribution in [3.63, 3.8) is 0 Å². The van der Waals surface area contributed by atoms with E-state index in [0.717, 1.165) is 16.7 Å². The lowest BCUT2D eigenvalue weighted by Crippen LogP contribution is -1.98. The summed E-state index contributed by atoms with van der Waals surface area (Å²) >= 11 is 0. The van der Waals surface area contributed by atoms with Crippen molar-refractivity contribution in [1.82, 2.24) is 0 Å². The first-order chi connectivity index (χ1) is 25.4. The van der Waals surface area contributed by atoms with Crippen molar-refractivity contribution in [3.8, 4) is 70.0 Å². The van der Waals surface area contributed by atoms with Crippen molar-refractivity contribution in [3.05, 3.63) is 179 Å². The van der Waals surface area contributed by atoms with Crippen LogP contribution in [0.4, 0.5) is 11.4 Å². The smallest absolute Gasteiger partial charge is 0.152 e. The van der Waals surface area contributed by atoms with E-state index in [4.69, 9.17) is 20.9 Å². The fourth-order valence-corrected chi connectivity index (χ4v) is 5.34. The number of hydrogen-bond donors (Lipinski definition) is 4. The Bertz CT molecular complexity index is 2620. The fourth-order valence-electron chi connectivity index (χ4n) is 5.34.